The van der Waals surface area contributed by atoms with Crippen LogP contribution in [-0.4, -0.2) is 54.3 Å². The molecule has 2 aliphatic heterocycles. The highest BCUT2D eigenvalue weighted by atomic mass is 16.2. The van der Waals surface area contributed by atoms with Gasteiger partial charge >= 0.3 is 0 Å². The maximum Gasteiger partial charge on any atom is 0.254 e. The van der Waals surface area contributed by atoms with Gasteiger partial charge in [0.1, 0.15) is 5.54 Å². The van der Waals surface area contributed by atoms with Crippen LogP contribution in [-0.2, 0) is 11.3 Å². The van der Waals surface area contributed by atoms with Crippen LogP contribution < -0.4 is 4.90 Å². The summed E-state index contributed by atoms with van der Waals surface area (Å²) in [5.41, 5.74) is 2.17. The molecule has 0 N–H and O–H groups in total. The summed E-state index contributed by atoms with van der Waals surface area (Å²) in [5, 5.41) is 0. The molecule has 2 aromatic carbocycles. The lowest BCUT2D eigenvalue weighted by Crippen LogP contribution is -2.61. The SMILES string of the molecule is CN(C)c1ccc(C(=O)N2CCCC23CCCN(Cc2ccccc2)C3=O)cc1. The molecule has 2 amide bonds. The van der Waals surface area contributed by atoms with Crippen molar-refractivity contribution < 1.29 is 9.59 Å². The number of likely N-dealkylation sites (tertiary alicyclic amines) is 2. The van der Waals surface area contributed by atoms with Gasteiger partial charge in [0.05, 0.1) is 0 Å². The van der Waals surface area contributed by atoms with Crippen LogP contribution in [0.4, 0.5) is 5.69 Å². The first-order valence-corrected chi connectivity index (χ1v) is 10.4. The molecule has 2 aromatic rings. The molecule has 5 heteroatoms. The van der Waals surface area contributed by atoms with Gasteiger partial charge in [-0.05, 0) is 55.5 Å². The zero-order valence-corrected chi connectivity index (χ0v) is 17.3. The van der Waals surface area contributed by atoms with E-state index < -0.39 is 5.54 Å². The molecular formula is C24H29N3O2. The summed E-state index contributed by atoms with van der Waals surface area (Å²) in [6.07, 6.45) is 3.34. The quantitative estimate of drug-likeness (QED) is 0.801. The van der Waals surface area contributed by atoms with Gasteiger partial charge in [-0.2, -0.15) is 0 Å². The third-order valence-corrected chi connectivity index (χ3v) is 6.28. The topological polar surface area (TPSA) is 43.9 Å². The van der Waals surface area contributed by atoms with E-state index in [1.807, 2.05) is 71.3 Å². The summed E-state index contributed by atoms with van der Waals surface area (Å²) in [7, 11) is 3.96. The van der Waals surface area contributed by atoms with Gasteiger partial charge in [-0.1, -0.05) is 30.3 Å². The first-order chi connectivity index (χ1) is 14.0. The van der Waals surface area contributed by atoms with Crippen LogP contribution in [0.1, 0.15) is 41.6 Å². The van der Waals surface area contributed by atoms with Crippen LogP contribution in [0.2, 0.25) is 0 Å². The van der Waals surface area contributed by atoms with Crippen molar-refractivity contribution in [3.63, 3.8) is 0 Å². The lowest BCUT2D eigenvalue weighted by Gasteiger charge is -2.44. The van der Waals surface area contributed by atoms with Crippen molar-refractivity contribution in [2.45, 2.75) is 37.8 Å². The summed E-state index contributed by atoms with van der Waals surface area (Å²) < 4.78 is 0. The fraction of sp³-hybridized carbons (Fsp3) is 0.417. The average molecular weight is 392 g/mol. The Bertz CT molecular complexity index is 879. The van der Waals surface area contributed by atoms with Gasteiger partial charge in [-0.15, -0.1) is 0 Å². The Morgan fingerprint density at radius 1 is 0.966 bits per heavy atom. The van der Waals surface area contributed by atoms with E-state index in [0.29, 0.717) is 18.7 Å². The molecule has 1 spiro atoms. The second-order valence-electron chi connectivity index (χ2n) is 8.35. The van der Waals surface area contributed by atoms with E-state index in [2.05, 4.69) is 12.1 Å². The third-order valence-electron chi connectivity index (χ3n) is 6.28. The monoisotopic (exact) mass is 391 g/mol. The molecule has 2 fully saturated rings. The Kier molecular flexibility index (Phi) is 5.31. The second kappa shape index (κ2) is 7.90. The normalized spacial score (nSPS) is 21.7. The summed E-state index contributed by atoms with van der Waals surface area (Å²) in [5.74, 6) is 0.0890. The van der Waals surface area contributed by atoms with E-state index in [1.54, 1.807) is 0 Å². The van der Waals surface area contributed by atoms with Crippen molar-refractivity contribution in [1.82, 2.24) is 9.80 Å². The van der Waals surface area contributed by atoms with Gasteiger partial charge < -0.3 is 14.7 Å². The molecule has 1 unspecified atom stereocenters. The summed E-state index contributed by atoms with van der Waals surface area (Å²) in [6, 6.07) is 17.8. The van der Waals surface area contributed by atoms with Crippen molar-refractivity contribution in [2.24, 2.45) is 0 Å². The maximum absolute atomic E-state index is 13.6. The number of carbonyl (C=O) groups excluding carboxylic acids is 2. The van der Waals surface area contributed by atoms with E-state index in [0.717, 1.165) is 43.5 Å². The van der Waals surface area contributed by atoms with Gasteiger partial charge in [-0.3, -0.25) is 9.59 Å². The molecule has 0 aliphatic carbocycles. The summed E-state index contributed by atoms with van der Waals surface area (Å²) >= 11 is 0. The first-order valence-electron chi connectivity index (χ1n) is 10.4. The minimum atomic E-state index is -0.676. The second-order valence-corrected chi connectivity index (χ2v) is 8.35. The Hall–Kier alpha value is -2.82. The van der Waals surface area contributed by atoms with Crippen LogP contribution in [0.15, 0.2) is 54.6 Å². The van der Waals surface area contributed by atoms with Crippen LogP contribution in [0, 0.1) is 0 Å². The summed E-state index contributed by atoms with van der Waals surface area (Å²) in [4.78, 5) is 32.7. The predicted molar refractivity (Wildman–Crippen MR) is 115 cm³/mol. The molecule has 4 rings (SSSR count). The molecule has 2 aliphatic rings. The van der Waals surface area contributed by atoms with Gasteiger partial charge in [0.15, 0.2) is 0 Å². The van der Waals surface area contributed by atoms with E-state index in [-0.39, 0.29) is 11.8 Å². The van der Waals surface area contributed by atoms with Crippen molar-refractivity contribution >= 4 is 17.5 Å². The molecule has 1 atom stereocenters. The van der Waals surface area contributed by atoms with Crippen LogP contribution >= 0.6 is 0 Å². The molecule has 0 radical (unpaired) electrons. The van der Waals surface area contributed by atoms with Crippen molar-refractivity contribution in [3.05, 3.63) is 65.7 Å². The number of nitrogens with zero attached hydrogens (tertiary/aromatic N) is 3. The lowest BCUT2D eigenvalue weighted by molar-refractivity contribution is -0.146. The van der Waals surface area contributed by atoms with Crippen molar-refractivity contribution in [3.8, 4) is 0 Å². The molecule has 2 heterocycles. The van der Waals surface area contributed by atoms with Crippen LogP contribution in [0.25, 0.3) is 0 Å². The Morgan fingerprint density at radius 2 is 1.62 bits per heavy atom. The smallest absolute Gasteiger partial charge is 0.254 e. The fourth-order valence-corrected chi connectivity index (χ4v) is 4.73. The van der Waals surface area contributed by atoms with Crippen LogP contribution in [0.5, 0.6) is 0 Å². The number of hydrogen-bond donors (Lipinski definition) is 0. The molecule has 0 saturated carbocycles. The largest absolute Gasteiger partial charge is 0.378 e. The Morgan fingerprint density at radius 3 is 2.28 bits per heavy atom. The van der Waals surface area contributed by atoms with Crippen molar-refractivity contribution in [2.75, 3.05) is 32.1 Å². The minimum Gasteiger partial charge on any atom is -0.378 e. The van der Waals surface area contributed by atoms with Gasteiger partial charge in [0.25, 0.3) is 5.91 Å². The highest BCUT2D eigenvalue weighted by molar-refractivity contribution is 6.00. The number of benzene rings is 2. The number of hydrogen-bond acceptors (Lipinski definition) is 3. The Balaban J connectivity index is 1.56. The number of rotatable bonds is 4. The number of carbonyl (C=O) groups is 2. The maximum atomic E-state index is 13.6. The van der Waals surface area contributed by atoms with E-state index in [1.165, 1.54) is 0 Å². The van der Waals surface area contributed by atoms with E-state index >= 15 is 0 Å². The van der Waals surface area contributed by atoms with Crippen LogP contribution in [0.3, 0.4) is 0 Å². The number of piperidine rings is 1. The number of amides is 2. The molecule has 0 aromatic heterocycles. The highest BCUT2D eigenvalue weighted by Gasteiger charge is 2.52. The van der Waals surface area contributed by atoms with Gasteiger partial charge in [0, 0.05) is 45.0 Å². The fourth-order valence-electron chi connectivity index (χ4n) is 4.73. The molecule has 5 nitrogen and oxygen atoms in total. The molecule has 29 heavy (non-hydrogen) atoms. The molecule has 2 saturated heterocycles. The molecule has 152 valence electrons. The van der Waals surface area contributed by atoms with Gasteiger partial charge in [-0.25, -0.2) is 0 Å². The zero-order valence-electron chi connectivity index (χ0n) is 17.3. The Labute approximate surface area is 172 Å². The van der Waals surface area contributed by atoms with E-state index in [4.69, 9.17) is 0 Å². The summed E-state index contributed by atoms with van der Waals surface area (Å²) in [6.45, 7) is 2.02. The zero-order chi connectivity index (χ0) is 20.4. The van der Waals surface area contributed by atoms with Gasteiger partial charge in [0.2, 0.25) is 5.91 Å². The first kappa shape index (κ1) is 19.5. The van der Waals surface area contributed by atoms with E-state index in [9.17, 15) is 9.59 Å². The molecule has 0 bridgehead atoms. The average Bonchev–Trinajstić information content (AvgIpc) is 3.16. The minimum absolute atomic E-state index is 0.0253. The predicted octanol–water partition coefficient (Wildman–Crippen LogP) is 3.55. The third kappa shape index (κ3) is 3.61. The number of anilines is 1. The standard InChI is InChI=1S/C24H29N3O2/c1-25(2)21-12-10-20(11-13-21)22(28)27-17-7-15-24(27)14-6-16-26(23(24)29)18-19-8-4-3-5-9-19/h3-5,8-13H,6-7,14-18H2,1-2H3. The van der Waals surface area contributed by atoms with Crippen molar-refractivity contribution in [1.29, 1.82) is 0 Å². The lowest BCUT2D eigenvalue weighted by atomic mass is 9.84. The highest BCUT2D eigenvalue weighted by Crippen LogP contribution is 2.39. The molecular weight excluding hydrogens is 362 g/mol.